The van der Waals surface area contributed by atoms with Crippen LogP contribution in [0.15, 0.2) is 18.5 Å². The van der Waals surface area contributed by atoms with Gasteiger partial charge in [-0.3, -0.25) is 0 Å². The molecule has 5 nitrogen and oxygen atoms in total. The van der Waals surface area contributed by atoms with Crippen molar-refractivity contribution >= 4 is 28.6 Å². The molecule has 2 aliphatic heterocycles. The molecule has 122 valence electrons. The van der Waals surface area contributed by atoms with Crippen LogP contribution in [0.5, 0.6) is 0 Å². The average Bonchev–Trinajstić information content (AvgIpc) is 2.95. The van der Waals surface area contributed by atoms with Gasteiger partial charge in [-0.25, -0.2) is 9.78 Å². The number of rotatable bonds is 2. The highest BCUT2D eigenvalue weighted by Crippen LogP contribution is 2.34. The van der Waals surface area contributed by atoms with E-state index in [0.717, 1.165) is 18.4 Å². The van der Waals surface area contributed by atoms with Gasteiger partial charge in [0.15, 0.2) is 0 Å². The Labute approximate surface area is 140 Å². The maximum atomic E-state index is 12.6. The van der Waals surface area contributed by atoms with Crippen molar-refractivity contribution in [2.24, 2.45) is 0 Å². The molecule has 0 aliphatic carbocycles. The van der Waals surface area contributed by atoms with Gasteiger partial charge in [-0.2, -0.15) is 0 Å². The number of hydrogen-bond donors (Lipinski definition) is 1. The van der Waals surface area contributed by atoms with Gasteiger partial charge in [0.25, 0.3) is 0 Å². The number of esters is 1. The average molecular weight is 334 g/mol. The molecule has 2 aliphatic rings. The Bertz CT molecular complexity index is 731. The number of ether oxygens (including phenoxy) is 1. The van der Waals surface area contributed by atoms with Gasteiger partial charge in [0.2, 0.25) is 0 Å². The lowest BCUT2D eigenvalue weighted by molar-refractivity contribution is -0.0317. The Kier molecular flexibility index (Phi) is 3.77. The van der Waals surface area contributed by atoms with Crippen molar-refractivity contribution in [2.45, 2.75) is 50.3 Å². The van der Waals surface area contributed by atoms with Gasteiger partial charge in [0.05, 0.1) is 17.4 Å². The SMILES string of the molecule is CN1[C@@H]2CCC[C@H]1CC(OC(=O)c1cc(Cl)cc3[nH]cnc13)C2. The van der Waals surface area contributed by atoms with Crippen molar-refractivity contribution in [3.8, 4) is 0 Å². The molecule has 0 amide bonds. The van der Waals surface area contributed by atoms with Crippen LogP contribution < -0.4 is 0 Å². The summed E-state index contributed by atoms with van der Waals surface area (Å²) in [5.74, 6) is -0.322. The molecule has 0 radical (unpaired) electrons. The number of H-pyrrole nitrogens is 1. The molecule has 3 atom stereocenters. The molecule has 2 bridgehead atoms. The number of carbonyl (C=O) groups is 1. The fraction of sp³-hybridized carbons (Fsp3) is 0.529. The first kappa shape index (κ1) is 15.0. The number of nitrogens with zero attached hydrogens (tertiary/aromatic N) is 2. The lowest BCUT2D eigenvalue weighted by Crippen LogP contribution is -2.52. The zero-order valence-corrected chi connectivity index (χ0v) is 13.8. The summed E-state index contributed by atoms with van der Waals surface area (Å²) < 4.78 is 5.82. The summed E-state index contributed by atoms with van der Waals surface area (Å²) in [5, 5.41) is 0.508. The number of halogens is 1. The summed E-state index contributed by atoms with van der Waals surface area (Å²) in [4.78, 5) is 22.3. The molecule has 2 fully saturated rings. The normalized spacial score (nSPS) is 28.0. The Morgan fingerprint density at radius 3 is 2.83 bits per heavy atom. The maximum absolute atomic E-state index is 12.6. The van der Waals surface area contributed by atoms with Crippen LogP contribution in [0, 0.1) is 0 Å². The van der Waals surface area contributed by atoms with Crippen LogP contribution in [-0.4, -0.2) is 46.1 Å². The lowest BCUT2D eigenvalue weighted by atomic mass is 9.83. The van der Waals surface area contributed by atoms with E-state index in [-0.39, 0.29) is 12.1 Å². The van der Waals surface area contributed by atoms with Gasteiger partial charge < -0.3 is 14.6 Å². The van der Waals surface area contributed by atoms with E-state index in [0.29, 0.717) is 28.2 Å². The molecular formula is C17H20ClN3O2. The van der Waals surface area contributed by atoms with Gasteiger partial charge in [-0.1, -0.05) is 18.0 Å². The van der Waals surface area contributed by atoms with E-state index < -0.39 is 0 Å². The van der Waals surface area contributed by atoms with Crippen molar-refractivity contribution in [1.82, 2.24) is 14.9 Å². The van der Waals surface area contributed by atoms with Gasteiger partial charge in [-0.05, 0) is 32.0 Å². The largest absolute Gasteiger partial charge is 0.459 e. The molecule has 1 aromatic carbocycles. The number of imidazole rings is 1. The number of nitrogens with one attached hydrogen (secondary N) is 1. The molecule has 1 aromatic heterocycles. The second-order valence-electron chi connectivity index (χ2n) is 6.65. The van der Waals surface area contributed by atoms with Crippen LogP contribution >= 0.6 is 11.6 Å². The monoisotopic (exact) mass is 333 g/mol. The third kappa shape index (κ3) is 2.72. The molecule has 0 saturated carbocycles. The summed E-state index contributed by atoms with van der Waals surface area (Å²) >= 11 is 6.10. The summed E-state index contributed by atoms with van der Waals surface area (Å²) in [7, 11) is 2.19. The fourth-order valence-electron chi connectivity index (χ4n) is 4.05. The molecule has 23 heavy (non-hydrogen) atoms. The molecule has 1 N–H and O–H groups in total. The first-order valence-corrected chi connectivity index (χ1v) is 8.55. The van der Waals surface area contributed by atoms with Gasteiger partial charge >= 0.3 is 5.97 Å². The minimum atomic E-state index is -0.322. The predicted octanol–water partition coefficient (Wildman–Crippen LogP) is 3.39. The van der Waals surface area contributed by atoms with Crippen molar-refractivity contribution in [1.29, 1.82) is 0 Å². The zero-order valence-electron chi connectivity index (χ0n) is 13.1. The Hall–Kier alpha value is -1.59. The van der Waals surface area contributed by atoms with E-state index in [2.05, 4.69) is 21.9 Å². The molecule has 1 unspecified atom stereocenters. The molecule has 6 heteroatoms. The number of aromatic amines is 1. The van der Waals surface area contributed by atoms with E-state index in [1.807, 2.05) is 0 Å². The highest BCUT2D eigenvalue weighted by atomic mass is 35.5. The topological polar surface area (TPSA) is 58.2 Å². The maximum Gasteiger partial charge on any atom is 0.340 e. The highest BCUT2D eigenvalue weighted by Gasteiger charge is 2.37. The summed E-state index contributed by atoms with van der Waals surface area (Å²) in [6.45, 7) is 0. The van der Waals surface area contributed by atoms with Crippen molar-refractivity contribution in [3.63, 3.8) is 0 Å². The molecule has 4 rings (SSSR count). The minimum Gasteiger partial charge on any atom is -0.459 e. The van der Waals surface area contributed by atoms with Crippen molar-refractivity contribution in [2.75, 3.05) is 7.05 Å². The predicted molar refractivity (Wildman–Crippen MR) is 88.7 cm³/mol. The smallest absolute Gasteiger partial charge is 0.340 e. The lowest BCUT2D eigenvalue weighted by Gasteiger charge is -2.46. The van der Waals surface area contributed by atoms with Gasteiger partial charge in [0, 0.05) is 29.9 Å². The second kappa shape index (κ2) is 5.80. The molecule has 2 saturated heterocycles. The fourth-order valence-corrected chi connectivity index (χ4v) is 4.27. The van der Waals surface area contributed by atoms with Crippen LogP contribution in [0.4, 0.5) is 0 Å². The van der Waals surface area contributed by atoms with E-state index in [9.17, 15) is 4.79 Å². The zero-order chi connectivity index (χ0) is 16.0. The summed E-state index contributed by atoms with van der Waals surface area (Å²) in [6.07, 6.45) is 7.07. The third-order valence-corrected chi connectivity index (χ3v) is 5.50. The molecule has 3 heterocycles. The molecule has 0 spiro atoms. The summed E-state index contributed by atoms with van der Waals surface area (Å²) in [6, 6.07) is 4.47. The van der Waals surface area contributed by atoms with Crippen LogP contribution in [0.3, 0.4) is 0 Å². The van der Waals surface area contributed by atoms with Crippen molar-refractivity contribution < 1.29 is 9.53 Å². The number of benzene rings is 1. The molecule has 2 aromatic rings. The van der Waals surface area contributed by atoms with E-state index in [1.165, 1.54) is 19.3 Å². The van der Waals surface area contributed by atoms with Gasteiger partial charge in [0.1, 0.15) is 11.6 Å². The Balaban J connectivity index is 1.54. The van der Waals surface area contributed by atoms with E-state index in [4.69, 9.17) is 16.3 Å². The Morgan fingerprint density at radius 2 is 2.09 bits per heavy atom. The first-order chi connectivity index (χ1) is 11.1. The van der Waals surface area contributed by atoms with Gasteiger partial charge in [-0.15, -0.1) is 0 Å². The van der Waals surface area contributed by atoms with Crippen LogP contribution in [0.1, 0.15) is 42.5 Å². The first-order valence-electron chi connectivity index (χ1n) is 8.17. The van der Waals surface area contributed by atoms with E-state index in [1.54, 1.807) is 18.5 Å². The number of fused-ring (bicyclic) bond motifs is 3. The number of carbonyl (C=O) groups excluding carboxylic acids is 1. The van der Waals surface area contributed by atoms with Crippen molar-refractivity contribution in [3.05, 3.63) is 29.0 Å². The van der Waals surface area contributed by atoms with Crippen LogP contribution in [0.2, 0.25) is 5.02 Å². The molecular weight excluding hydrogens is 314 g/mol. The van der Waals surface area contributed by atoms with Crippen LogP contribution in [-0.2, 0) is 4.74 Å². The number of hydrogen-bond acceptors (Lipinski definition) is 4. The standard InChI is InChI=1S/C17H20ClN3O2/c1-21-11-3-2-4-12(21)8-13(7-11)23-17(22)14-5-10(18)6-15-16(14)20-9-19-15/h5-6,9,11-13H,2-4,7-8H2,1H3,(H,19,20)/t11-,12+,13?. The second-order valence-corrected chi connectivity index (χ2v) is 7.09. The van der Waals surface area contributed by atoms with E-state index >= 15 is 0 Å². The van der Waals surface area contributed by atoms with Crippen LogP contribution in [0.25, 0.3) is 11.0 Å². The Morgan fingerprint density at radius 1 is 1.35 bits per heavy atom. The minimum absolute atomic E-state index is 0.0121. The summed E-state index contributed by atoms with van der Waals surface area (Å²) in [5.41, 5.74) is 1.81. The quantitative estimate of drug-likeness (QED) is 0.856. The number of piperidine rings is 2. The number of aromatic nitrogens is 2. The highest BCUT2D eigenvalue weighted by molar-refractivity contribution is 6.31. The third-order valence-electron chi connectivity index (χ3n) is 5.28.